The van der Waals surface area contributed by atoms with Crippen LogP contribution >= 0.6 is 0 Å². The molecule has 23 heavy (non-hydrogen) atoms. The number of amides is 1. The molecule has 1 aromatic carbocycles. The van der Waals surface area contributed by atoms with E-state index in [2.05, 4.69) is 24.1 Å². The molecule has 0 atom stereocenters. The monoisotopic (exact) mass is 320 g/mol. The van der Waals surface area contributed by atoms with Gasteiger partial charge in [0.15, 0.2) is 6.61 Å². The molecular formula is C18H28N2O3. The maximum absolute atomic E-state index is 12.1. The second kappa shape index (κ2) is 7.79. The van der Waals surface area contributed by atoms with E-state index in [-0.39, 0.29) is 18.1 Å². The first kappa shape index (κ1) is 17.8. The highest BCUT2D eigenvalue weighted by Crippen LogP contribution is 2.22. The Morgan fingerprint density at radius 2 is 1.87 bits per heavy atom. The average Bonchev–Trinajstić information content (AvgIpc) is 2.53. The van der Waals surface area contributed by atoms with Gasteiger partial charge in [-0.1, -0.05) is 18.2 Å². The second-order valence-corrected chi connectivity index (χ2v) is 6.70. The predicted octanol–water partition coefficient (Wildman–Crippen LogP) is 1.91. The molecule has 1 N–H and O–H groups in total. The Kier molecular flexibility index (Phi) is 6.02. The molecular weight excluding hydrogens is 292 g/mol. The van der Waals surface area contributed by atoms with Crippen molar-refractivity contribution in [2.24, 2.45) is 0 Å². The van der Waals surface area contributed by atoms with E-state index in [0.29, 0.717) is 6.54 Å². The third-order valence-electron chi connectivity index (χ3n) is 4.34. The second-order valence-electron chi connectivity index (χ2n) is 6.70. The largest absolute Gasteiger partial charge is 0.483 e. The lowest BCUT2D eigenvalue weighted by molar-refractivity contribution is -0.123. The van der Waals surface area contributed by atoms with Crippen molar-refractivity contribution >= 4 is 5.91 Å². The minimum atomic E-state index is -0.0889. The summed E-state index contributed by atoms with van der Waals surface area (Å²) >= 11 is 0. The van der Waals surface area contributed by atoms with Gasteiger partial charge in [0.2, 0.25) is 0 Å². The summed E-state index contributed by atoms with van der Waals surface area (Å²) in [4.78, 5) is 14.4. The quantitative estimate of drug-likeness (QED) is 0.870. The summed E-state index contributed by atoms with van der Waals surface area (Å²) in [5.74, 6) is 0.712. The number of hydrogen-bond acceptors (Lipinski definition) is 4. The molecule has 0 spiro atoms. The van der Waals surface area contributed by atoms with Gasteiger partial charge < -0.3 is 14.8 Å². The summed E-state index contributed by atoms with van der Waals surface area (Å²) in [6.45, 7) is 12.2. The summed E-state index contributed by atoms with van der Waals surface area (Å²) in [6, 6.07) is 5.96. The van der Waals surface area contributed by atoms with Crippen LogP contribution in [0.25, 0.3) is 0 Å². The molecule has 1 fully saturated rings. The molecule has 0 aliphatic carbocycles. The van der Waals surface area contributed by atoms with Crippen LogP contribution in [0.4, 0.5) is 0 Å². The van der Waals surface area contributed by atoms with Crippen LogP contribution in [-0.4, -0.2) is 55.8 Å². The number of para-hydroxylation sites is 1. The Morgan fingerprint density at radius 3 is 2.48 bits per heavy atom. The molecule has 0 aromatic heterocycles. The molecule has 1 amide bonds. The van der Waals surface area contributed by atoms with Crippen LogP contribution in [0.15, 0.2) is 18.2 Å². The number of carbonyl (C=O) groups excluding carboxylic acids is 1. The minimum Gasteiger partial charge on any atom is -0.483 e. The number of aryl methyl sites for hydroxylation is 2. The number of morpholine rings is 1. The van der Waals surface area contributed by atoms with Crippen molar-refractivity contribution < 1.29 is 14.3 Å². The Bertz CT molecular complexity index is 517. The summed E-state index contributed by atoms with van der Waals surface area (Å²) in [6.07, 6.45) is 0. The molecule has 0 bridgehead atoms. The first-order chi connectivity index (χ1) is 10.9. The molecule has 0 unspecified atom stereocenters. The zero-order valence-corrected chi connectivity index (χ0v) is 14.6. The van der Waals surface area contributed by atoms with Crippen LogP contribution in [0, 0.1) is 13.8 Å². The minimum absolute atomic E-state index is 0.0465. The molecule has 128 valence electrons. The average molecular weight is 320 g/mol. The van der Waals surface area contributed by atoms with E-state index in [4.69, 9.17) is 9.47 Å². The summed E-state index contributed by atoms with van der Waals surface area (Å²) in [5.41, 5.74) is 2.01. The summed E-state index contributed by atoms with van der Waals surface area (Å²) < 4.78 is 11.1. The van der Waals surface area contributed by atoms with E-state index in [9.17, 15) is 4.79 Å². The Labute approximate surface area is 139 Å². The normalized spacial score (nSPS) is 16.2. The molecule has 5 nitrogen and oxygen atoms in total. The van der Waals surface area contributed by atoms with Crippen LogP contribution in [0.1, 0.15) is 25.0 Å². The number of rotatable bonds is 6. The van der Waals surface area contributed by atoms with Gasteiger partial charge in [-0.2, -0.15) is 0 Å². The van der Waals surface area contributed by atoms with E-state index in [1.807, 2.05) is 32.0 Å². The molecule has 1 saturated heterocycles. The van der Waals surface area contributed by atoms with Crippen molar-refractivity contribution in [1.82, 2.24) is 10.2 Å². The van der Waals surface area contributed by atoms with Gasteiger partial charge in [-0.05, 0) is 38.8 Å². The van der Waals surface area contributed by atoms with Crippen molar-refractivity contribution in [2.45, 2.75) is 33.2 Å². The number of hydrogen-bond donors (Lipinski definition) is 1. The van der Waals surface area contributed by atoms with Gasteiger partial charge in [-0.3, -0.25) is 9.69 Å². The van der Waals surface area contributed by atoms with Crippen molar-refractivity contribution in [2.75, 3.05) is 39.5 Å². The Morgan fingerprint density at radius 1 is 1.26 bits per heavy atom. The third kappa shape index (κ3) is 4.94. The first-order valence-electron chi connectivity index (χ1n) is 8.19. The maximum Gasteiger partial charge on any atom is 0.258 e. The van der Waals surface area contributed by atoms with Gasteiger partial charge in [0.25, 0.3) is 5.91 Å². The van der Waals surface area contributed by atoms with E-state index in [1.165, 1.54) is 0 Å². The topological polar surface area (TPSA) is 50.8 Å². The van der Waals surface area contributed by atoms with E-state index < -0.39 is 0 Å². The predicted molar refractivity (Wildman–Crippen MR) is 90.9 cm³/mol. The van der Waals surface area contributed by atoms with Crippen molar-refractivity contribution in [3.63, 3.8) is 0 Å². The van der Waals surface area contributed by atoms with Gasteiger partial charge >= 0.3 is 0 Å². The Hall–Kier alpha value is -1.59. The fourth-order valence-corrected chi connectivity index (χ4v) is 2.81. The van der Waals surface area contributed by atoms with Gasteiger partial charge in [0.05, 0.1) is 13.2 Å². The standard InChI is InChI=1S/C18H28N2O3/c1-14-6-5-7-15(2)17(14)23-12-16(21)19-13-18(3,4)20-8-10-22-11-9-20/h5-7H,8-13H2,1-4H3,(H,19,21). The zero-order chi connectivity index (χ0) is 16.9. The molecule has 1 aromatic rings. The lowest BCUT2D eigenvalue weighted by atomic mass is 10.0. The molecule has 0 radical (unpaired) electrons. The van der Waals surface area contributed by atoms with Gasteiger partial charge in [0, 0.05) is 25.2 Å². The van der Waals surface area contributed by atoms with Crippen LogP contribution in [-0.2, 0) is 9.53 Å². The fraction of sp³-hybridized carbons (Fsp3) is 0.611. The fourth-order valence-electron chi connectivity index (χ4n) is 2.81. The van der Waals surface area contributed by atoms with E-state index in [1.54, 1.807) is 0 Å². The number of carbonyl (C=O) groups is 1. The highest BCUT2D eigenvalue weighted by molar-refractivity contribution is 5.77. The highest BCUT2D eigenvalue weighted by Gasteiger charge is 2.28. The van der Waals surface area contributed by atoms with Crippen LogP contribution in [0.3, 0.4) is 0 Å². The highest BCUT2D eigenvalue weighted by atomic mass is 16.5. The van der Waals surface area contributed by atoms with E-state index in [0.717, 1.165) is 43.2 Å². The van der Waals surface area contributed by atoms with Crippen LogP contribution < -0.4 is 10.1 Å². The first-order valence-corrected chi connectivity index (χ1v) is 8.19. The summed E-state index contributed by atoms with van der Waals surface area (Å²) in [5, 5.41) is 2.98. The number of benzene rings is 1. The summed E-state index contributed by atoms with van der Waals surface area (Å²) in [7, 11) is 0. The molecule has 5 heteroatoms. The zero-order valence-electron chi connectivity index (χ0n) is 14.6. The SMILES string of the molecule is Cc1cccc(C)c1OCC(=O)NCC(C)(C)N1CCOCC1. The maximum atomic E-state index is 12.1. The number of ether oxygens (including phenoxy) is 2. The van der Waals surface area contributed by atoms with Crippen molar-refractivity contribution in [3.05, 3.63) is 29.3 Å². The Balaban J connectivity index is 1.80. The molecule has 1 heterocycles. The van der Waals surface area contributed by atoms with Crippen LogP contribution in [0.2, 0.25) is 0 Å². The number of nitrogens with zero attached hydrogens (tertiary/aromatic N) is 1. The smallest absolute Gasteiger partial charge is 0.258 e. The van der Waals surface area contributed by atoms with Gasteiger partial charge in [-0.15, -0.1) is 0 Å². The third-order valence-corrected chi connectivity index (χ3v) is 4.34. The lowest BCUT2D eigenvalue weighted by Crippen LogP contribution is -2.55. The number of nitrogens with one attached hydrogen (secondary N) is 1. The molecule has 1 aliphatic heterocycles. The lowest BCUT2D eigenvalue weighted by Gasteiger charge is -2.40. The molecule has 2 rings (SSSR count). The molecule has 0 saturated carbocycles. The molecule has 1 aliphatic rings. The van der Waals surface area contributed by atoms with Gasteiger partial charge in [-0.25, -0.2) is 0 Å². The van der Waals surface area contributed by atoms with Crippen LogP contribution in [0.5, 0.6) is 5.75 Å². The van der Waals surface area contributed by atoms with E-state index >= 15 is 0 Å². The van der Waals surface area contributed by atoms with Crippen molar-refractivity contribution in [1.29, 1.82) is 0 Å². The van der Waals surface area contributed by atoms with Crippen molar-refractivity contribution in [3.8, 4) is 5.75 Å². The van der Waals surface area contributed by atoms with Gasteiger partial charge in [0.1, 0.15) is 5.75 Å².